The monoisotopic (exact) mass is 1090 g/mol. The maximum Gasteiger partial charge on any atom is 0.410 e. The third-order valence-electron chi connectivity index (χ3n) is 13.0. The molecule has 3 aromatic carbocycles. The number of aromatic amines is 1. The highest BCUT2D eigenvalue weighted by Crippen LogP contribution is 2.32. The van der Waals surface area contributed by atoms with Crippen LogP contribution in [0.1, 0.15) is 75.0 Å². The molecule has 2 unspecified atom stereocenters. The summed E-state index contributed by atoms with van der Waals surface area (Å²) in [5.74, 6) is -0.947. The third kappa shape index (κ3) is 15.5. The van der Waals surface area contributed by atoms with Gasteiger partial charge in [-0.05, 0) is 98.7 Å². The van der Waals surface area contributed by atoms with Crippen LogP contribution in [0.4, 0.5) is 15.3 Å². The van der Waals surface area contributed by atoms with Gasteiger partial charge in [-0.2, -0.15) is 5.10 Å². The molecule has 7 aromatic rings. The van der Waals surface area contributed by atoms with Gasteiger partial charge in [0.1, 0.15) is 48.0 Å². The average Bonchev–Trinajstić information content (AvgIpc) is 4.25. The summed E-state index contributed by atoms with van der Waals surface area (Å²) in [5.41, 5.74) is 11.0. The van der Waals surface area contributed by atoms with E-state index >= 15 is 0 Å². The second-order valence-corrected chi connectivity index (χ2v) is 19.4. The second-order valence-electron chi connectivity index (χ2n) is 19.4. The number of ether oxygens (including phenoxy) is 2. The van der Waals surface area contributed by atoms with E-state index < -0.39 is 36.0 Å². The molecule has 0 fully saturated rings. The van der Waals surface area contributed by atoms with Crippen LogP contribution in [0.5, 0.6) is 11.5 Å². The number of imidazole rings is 1. The minimum absolute atomic E-state index is 0.0123. The van der Waals surface area contributed by atoms with Crippen molar-refractivity contribution < 1.29 is 43.0 Å². The van der Waals surface area contributed by atoms with Gasteiger partial charge in [0.15, 0.2) is 5.65 Å². The van der Waals surface area contributed by atoms with Crippen molar-refractivity contribution in [2.75, 3.05) is 18.4 Å². The first kappa shape index (κ1) is 56.5. The molecule has 4 aromatic heterocycles. The molecule has 0 saturated heterocycles. The van der Waals surface area contributed by atoms with E-state index in [1.165, 1.54) is 23.4 Å². The largest absolute Gasteiger partial charge is 0.457 e. The van der Waals surface area contributed by atoms with Crippen LogP contribution < -0.4 is 31.7 Å². The van der Waals surface area contributed by atoms with E-state index in [4.69, 9.17) is 25.2 Å². The van der Waals surface area contributed by atoms with Crippen molar-refractivity contribution in [3.8, 4) is 34.1 Å². The van der Waals surface area contributed by atoms with Crippen molar-refractivity contribution in [2.45, 2.75) is 91.1 Å². The number of unbranched alkanes of at least 4 members (excludes halogenated alkanes) is 2. The number of hydrogen-bond donors (Lipinski definition) is 6. The fourth-order valence-electron chi connectivity index (χ4n) is 8.81. The normalized spacial score (nSPS) is 12.8. The summed E-state index contributed by atoms with van der Waals surface area (Å²) in [4.78, 5) is 110. The molecule has 1 aliphatic rings. The van der Waals surface area contributed by atoms with Gasteiger partial charge in [0.05, 0.1) is 24.5 Å². The smallest absolute Gasteiger partial charge is 0.410 e. The maximum atomic E-state index is 14.4. The number of fused-ring (bicyclic) bond motifs is 1. The average molecular weight is 1090 g/mol. The molecule has 0 spiro atoms. The number of imide groups is 1. The Kier molecular flexibility index (Phi) is 19.1. The number of aryl methyl sites for hydroxylation is 1. The number of nitrogens with zero attached hydrogens (tertiary/aromatic N) is 7. The number of nitrogens with two attached hydrogens (primary N) is 1. The number of rotatable bonds is 26. The van der Waals surface area contributed by atoms with Gasteiger partial charge in [-0.3, -0.25) is 38.8 Å². The molecular weight excluding hydrogens is 1020 g/mol. The summed E-state index contributed by atoms with van der Waals surface area (Å²) in [7, 11) is 0. The summed E-state index contributed by atoms with van der Waals surface area (Å²) in [6, 6.07) is 30.1. The first-order valence-electron chi connectivity index (χ1n) is 26.3. The number of pyridine rings is 2. The van der Waals surface area contributed by atoms with Gasteiger partial charge in [-0.25, -0.2) is 24.1 Å². The van der Waals surface area contributed by atoms with Gasteiger partial charge in [-0.1, -0.05) is 74.9 Å². The number of carbonyl (C=O) groups excluding carboxylic acids is 7. The van der Waals surface area contributed by atoms with Gasteiger partial charge in [0.2, 0.25) is 17.7 Å². The molecule has 0 saturated carbocycles. The Labute approximate surface area is 461 Å². The highest BCUT2D eigenvalue weighted by atomic mass is 16.6. The first-order valence-corrected chi connectivity index (χ1v) is 26.3. The topological polar surface area (TPSA) is 290 Å². The summed E-state index contributed by atoms with van der Waals surface area (Å²) in [6.45, 7) is 5.75. The van der Waals surface area contributed by atoms with Crippen LogP contribution in [-0.2, 0) is 48.4 Å². The Morgan fingerprint density at radius 3 is 2.30 bits per heavy atom. The second kappa shape index (κ2) is 27.0. The number of amides is 8. The molecule has 5 heterocycles. The predicted octanol–water partition coefficient (Wildman–Crippen LogP) is 7.12. The molecule has 22 heteroatoms. The number of aromatic nitrogens is 6. The van der Waals surface area contributed by atoms with E-state index in [1.807, 2.05) is 98.0 Å². The molecule has 0 aliphatic carbocycles. The van der Waals surface area contributed by atoms with Crippen LogP contribution in [0.25, 0.3) is 28.3 Å². The maximum absolute atomic E-state index is 14.4. The quantitative estimate of drug-likeness (QED) is 0.0233. The Hall–Kier alpha value is -9.73. The molecule has 2 atom stereocenters. The molecule has 1 aliphatic heterocycles. The summed E-state index contributed by atoms with van der Waals surface area (Å²) in [5, 5.41) is 15.2. The lowest BCUT2D eigenvalue weighted by molar-refractivity contribution is -0.137. The summed E-state index contributed by atoms with van der Waals surface area (Å²) in [6.07, 6.45) is 7.18. The van der Waals surface area contributed by atoms with Gasteiger partial charge in [0.25, 0.3) is 11.8 Å². The van der Waals surface area contributed by atoms with Gasteiger partial charge < -0.3 is 41.5 Å². The van der Waals surface area contributed by atoms with Crippen LogP contribution in [0.15, 0.2) is 134 Å². The number of anilines is 1. The van der Waals surface area contributed by atoms with Crippen molar-refractivity contribution in [3.63, 3.8) is 0 Å². The van der Waals surface area contributed by atoms with E-state index in [0.29, 0.717) is 76.1 Å². The molecule has 80 heavy (non-hydrogen) atoms. The van der Waals surface area contributed by atoms with Crippen LogP contribution in [0.3, 0.4) is 0 Å². The van der Waals surface area contributed by atoms with Gasteiger partial charge in [0, 0.05) is 60.4 Å². The molecule has 414 valence electrons. The van der Waals surface area contributed by atoms with E-state index in [1.54, 1.807) is 42.6 Å². The third-order valence-corrected chi connectivity index (χ3v) is 13.0. The Bertz CT molecular complexity index is 3340. The summed E-state index contributed by atoms with van der Waals surface area (Å²) >= 11 is 0. The zero-order valence-corrected chi connectivity index (χ0v) is 44.6. The predicted molar refractivity (Wildman–Crippen MR) is 296 cm³/mol. The van der Waals surface area contributed by atoms with E-state index in [2.05, 4.69) is 36.3 Å². The molecular formula is C58H63N13O9. The van der Waals surface area contributed by atoms with Crippen molar-refractivity contribution in [1.29, 1.82) is 0 Å². The lowest BCUT2D eigenvalue weighted by Gasteiger charge is -2.25. The standard InChI is InChI=1S/C58H63N13O9/c1-37(2)52(68-49(72)21-8-5-11-31-70-50(73)28-29-51(70)74)56(76)65-45(19-13-30-60-57(59)77)55(75)64-42-25-22-39(23-26-42)35-79-58(78)69(32-40-15-9-10-20-46(40)80-43-16-6-4-7-17-43)34-47-66-53(41-24-27-48-61-36-62-71(48)33-41)54(67-47)44-18-12-14-38(3)63-44/h4,6-7,9-10,12,14-18,20,22-29,33,36-37,45,52H,5,8,11,13,19,21,30-32,34-35H2,1-3H3,(H,64,75)(H,65,76)(H,66,67)(H,68,72)(H3,59,60,77). The highest BCUT2D eigenvalue weighted by Gasteiger charge is 2.30. The molecule has 0 bridgehead atoms. The number of urea groups is 1. The van der Waals surface area contributed by atoms with Crippen molar-refractivity contribution >= 4 is 53.0 Å². The number of para-hydroxylation sites is 2. The highest BCUT2D eigenvalue weighted by molar-refractivity contribution is 6.12. The van der Waals surface area contributed by atoms with Crippen LogP contribution in [0, 0.1) is 12.8 Å². The number of hydrogen-bond acceptors (Lipinski definition) is 13. The van der Waals surface area contributed by atoms with Crippen LogP contribution in [0.2, 0.25) is 0 Å². The van der Waals surface area contributed by atoms with Gasteiger partial charge >= 0.3 is 12.1 Å². The number of nitrogens with one attached hydrogen (secondary N) is 5. The fraction of sp³-hybridized carbons (Fsp3) is 0.293. The van der Waals surface area contributed by atoms with Crippen molar-refractivity contribution in [3.05, 3.63) is 157 Å². The van der Waals surface area contributed by atoms with E-state index in [9.17, 15) is 33.6 Å². The van der Waals surface area contributed by atoms with Crippen molar-refractivity contribution in [2.24, 2.45) is 11.7 Å². The SMILES string of the molecule is Cc1cccc(-c2nc(CN(Cc3ccccc3Oc3ccccc3)C(=O)OCc3ccc(NC(=O)C(CCCNC(N)=O)NC(=O)C(NC(=O)CCCCCN4C(=O)C=CC4=O)C(C)C)cc3)[nH]c2-c2ccc3ncnn3c2)n1. The lowest BCUT2D eigenvalue weighted by atomic mass is 10.0. The minimum Gasteiger partial charge on any atom is -0.457 e. The number of H-pyrrole nitrogens is 1. The molecule has 7 N–H and O–H groups in total. The number of benzene rings is 3. The van der Waals surface area contributed by atoms with Crippen molar-refractivity contribution in [1.82, 2.24) is 55.3 Å². The lowest BCUT2D eigenvalue weighted by Crippen LogP contribution is -2.54. The zero-order valence-electron chi connectivity index (χ0n) is 44.6. The number of carbonyl (C=O) groups is 7. The Morgan fingerprint density at radius 1 is 0.787 bits per heavy atom. The molecule has 8 rings (SSSR count). The minimum atomic E-state index is -1.08. The molecule has 0 radical (unpaired) electrons. The van der Waals surface area contributed by atoms with Crippen LogP contribution in [-0.4, -0.2) is 106 Å². The Morgan fingerprint density at radius 2 is 1.55 bits per heavy atom. The van der Waals surface area contributed by atoms with Gasteiger partial charge in [-0.15, -0.1) is 0 Å². The summed E-state index contributed by atoms with van der Waals surface area (Å²) < 4.78 is 14.0. The zero-order chi connectivity index (χ0) is 56.5. The van der Waals surface area contributed by atoms with E-state index in [-0.39, 0.29) is 75.7 Å². The van der Waals surface area contributed by atoms with E-state index in [0.717, 1.165) is 16.2 Å². The molecule has 8 amide bonds. The first-order chi connectivity index (χ1) is 38.7. The number of primary amides is 1. The molecule has 22 nitrogen and oxygen atoms in total. The Balaban J connectivity index is 0.939. The fourth-order valence-corrected chi connectivity index (χ4v) is 8.81. The van der Waals surface area contributed by atoms with Crippen LogP contribution >= 0.6 is 0 Å².